The predicted octanol–water partition coefficient (Wildman–Crippen LogP) is 4.27. The van der Waals surface area contributed by atoms with E-state index in [2.05, 4.69) is 34.4 Å². The SMILES string of the molecule is C=CCCCCC[C@H](NC(=O)[C@H]1C[C@H](OC(=O)N2CCc3ccccc3C2)CN1C(=O)NC1(C(=O)OCC)CC1C=C)C(=O)N[C@H](C(=O)NC)C1CCCCC1. The van der Waals surface area contributed by atoms with Gasteiger partial charge in [-0.05, 0) is 68.9 Å². The van der Waals surface area contributed by atoms with Crippen LogP contribution in [0.25, 0.3) is 0 Å². The molecule has 0 aromatic heterocycles. The lowest BCUT2D eigenvalue weighted by molar-refractivity contribution is -0.147. The number of hydrogen-bond acceptors (Lipinski definition) is 8. The smallest absolute Gasteiger partial charge is 0.410 e. The molecule has 4 aliphatic rings. The van der Waals surface area contributed by atoms with E-state index in [1.807, 2.05) is 30.3 Å². The van der Waals surface area contributed by atoms with Crippen LogP contribution >= 0.6 is 0 Å². The van der Waals surface area contributed by atoms with Crippen LogP contribution in [0.4, 0.5) is 9.59 Å². The zero-order valence-corrected chi connectivity index (χ0v) is 33.0. The highest BCUT2D eigenvalue weighted by Crippen LogP contribution is 2.45. The van der Waals surface area contributed by atoms with E-state index in [0.29, 0.717) is 38.8 Å². The third-order valence-corrected chi connectivity index (χ3v) is 11.7. The minimum atomic E-state index is -1.33. The quantitative estimate of drug-likeness (QED) is 0.103. The average Bonchev–Trinajstić information content (AvgIpc) is 3.77. The molecule has 0 radical (unpaired) electrons. The van der Waals surface area contributed by atoms with Crippen LogP contribution in [-0.4, -0.2) is 102 Å². The highest BCUT2D eigenvalue weighted by molar-refractivity contribution is 5.96. The number of fused-ring (bicyclic) bond motifs is 1. The molecule has 56 heavy (non-hydrogen) atoms. The molecule has 5 rings (SSSR count). The third kappa shape index (κ3) is 10.3. The van der Waals surface area contributed by atoms with Gasteiger partial charge in [-0.2, -0.15) is 0 Å². The van der Waals surface area contributed by atoms with Gasteiger partial charge >= 0.3 is 18.1 Å². The van der Waals surface area contributed by atoms with Crippen LogP contribution in [0.1, 0.15) is 95.1 Å². The summed E-state index contributed by atoms with van der Waals surface area (Å²) in [6, 6.07) is 4.32. The van der Waals surface area contributed by atoms with Gasteiger partial charge in [0.05, 0.1) is 13.2 Å². The van der Waals surface area contributed by atoms with Crippen molar-refractivity contribution in [2.75, 3.05) is 26.7 Å². The molecule has 2 unspecified atom stereocenters. The molecule has 0 spiro atoms. The molecule has 4 N–H and O–H groups in total. The van der Waals surface area contributed by atoms with Gasteiger partial charge in [-0.1, -0.05) is 68.5 Å². The number of unbranched alkanes of at least 4 members (excludes halogenated alkanes) is 3. The molecule has 6 amide bonds. The number of nitrogens with one attached hydrogen (secondary N) is 4. The molecule has 6 atom stereocenters. The van der Waals surface area contributed by atoms with Crippen LogP contribution in [0.2, 0.25) is 0 Å². The Morgan fingerprint density at radius 1 is 0.982 bits per heavy atom. The second kappa shape index (κ2) is 19.8. The lowest BCUT2D eigenvalue weighted by Gasteiger charge is -2.32. The number of benzene rings is 1. The summed E-state index contributed by atoms with van der Waals surface area (Å²) in [4.78, 5) is 84.9. The highest BCUT2D eigenvalue weighted by Gasteiger charge is 2.62. The summed E-state index contributed by atoms with van der Waals surface area (Å²) in [7, 11) is 1.54. The van der Waals surface area contributed by atoms with Gasteiger partial charge in [0.2, 0.25) is 17.7 Å². The van der Waals surface area contributed by atoms with Crippen LogP contribution in [0.5, 0.6) is 0 Å². The fraction of sp³-hybridized carbons (Fsp3) is 0.619. The summed E-state index contributed by atoms with van der Waals surface area (Å²) in [5, 5.41) is 11.4. The summed E-state index contributed by atoms with van der Waals surface area (Å²) in [5.41, 5.74) is 0.875. The second-order valence-electron chi connectivity index (χ2n) is 15.5. The van der Waals surface area contributed by atoms with E-state index >= 15 is 0 Å². The first-order chi connectivity index (χ1) is 27.0. The highest BCUT2D eigenvalue weighted by atomic mass is 16.6. The zero-order chi connectivity index (χ0) is 40.2. The lowest BCUT2D eigenvalue weighted by Crippen LogP contribution is -2.59. The summed E-state index contributed by atoms with van der Waals surface area (Å²) >= 11 is 0. The van der Waals surface area contributed by atoms with Crippen molar-refractivity contribution < 1.29 is 38.2 Å². The first-order valence-corrected chi connectivity index (χ1v) is 20.4. The van der Waals surface area contributed by atoms with Gasteiger partial charge in [0.15, 0.2) is 0 Å². The maximum atomic E-state index is 14.3. The first kappa shape index (κ1) is 42.3. The van der Waals surface area contributed by atoms with Gasteiger partial charge in [-0.15, -0.1) is 13.2 Å². The van der Waals surface area contributed by atoms with E-state index in [-0.39, 0.29) is 37.3 Å². The van der Waals surface area contributed by atoms with E-state index in [9.17, 15) is 28.8 Å². The fourth-order valence-corrected chi connectivity index (χ4v) is 8.37. The summed E-state index contributed by atoms with van der Waals surface area (Å²) in [5.74, 6) is -2.34. The van der Waals surface area contributed by atoms with E-state index in [4.69, 9.17) is 9.47 Å². The number of esters is 1. The average molecular weight is 777 g/mol. The molecule has 2 heterocycles. The Morgan fingerprint density at radius 3 is 2.41 bits per heavy atom. The Kier molecular flexibility index (Phi) is 15.0. The number of hydrogen-bond donors (Lipinski definition) is 4. The van der Waals surface area contributed by atoms with Crippen LogP contribution in [0.15, 0.2) is 49.6 Å². The van der Waals surface area contributed by atoms with E-state index in [0.717, 1.165) is 56.9 Å². The zero-order valence-electron chi connectivity index (χ0n) is 33.0. The number of carbonyl (C=O) groups is 6. The number of urea groups is 1. The predicted molar refractivity (Wildman–Crippen MR) is 210 cm³/mol. The van der Waals surface area contributed by atoms with Gasteiger partial charge in [-0.3, -0.25) is 14.4 Å². The van der Waals surface area contributed by atoms with E-state index in [1.165, 1.54) is 10.5 Å². The minimum absolute atomic E-state index is 0.0245. The van der Waals surface area contributed by atoms with Crippen LogP contribution in [0.3, 0.4) is 0 Å². The summed E-state index contributed by atoms with van der Waals surface area (Å²) in [6.07, 6.45) is 11.0. The Morgan fingerprint density at radius 2 is 1.73 bits per heavy atom. The Balaban J connectivity index is 1.35. The number of nitrogens with zero attached hydrogens (tertiary/aromatic N) is 2. The van der Waals surface area contributed by atoms with Crippen molar-refractivity contribution in [2.45, 2.75) is 127 Å². The number of carbonyl (C=O) groups excluding carboxylic acids is 6. The van der Waals surface area contributed by atoms with Gasteiger partial charge in [0, 0.05) is 32.5 Å². The lowest BCUT2D eigenvalue weighted by atomic mass is 9.83. The standard InChI is InChI=1S/C42H60N6O8/c1-5-8-9-10-14-21-33(36(49)45-35(38(51)43-4)29-18-12-11-13-19-29)44-37(50)34-24-32(56-41(54)47-23-22-28-17-15-16-20-30(28)26-47)27-48(34)40(53)46-42(25-31(42)6-2)39(52)55-7-3/h5-6,15-17,20,29,31-35H,1-2,7-14,18-19,21-27H2,3-4H3,(H,43,51)(H,44,50)(H,45,49)(H,46,53)/t31?,32-,33-,34+,35-,42?/m0/s1. The second-order valence-corrected chi connectivity index (χ2v) is 15.5. The van der Waals surface area contributed by atoms with Gasteiger partial charge in [0.25, 0.3) is 0 Å². The molecule has 1 aromatic carbocycles. The Labute approximate surface area is 330 Å². The van der Waals surface area contributed by atoms with Crippen molar-refractivity contribution in [1.29, 1.82) is 0 Å². The summed E-state index contributed by atoms with van der Waals surface area (Å²) in [6.45, 7) is 10.1. The van der Waals surface area contributed by atoms with Crippen molar-refractivity contribution in [2.24, 2.45) is 11.8 Å². The molecule has 14 heteroatoms. The van der Waals surface area contributed by atoms with E-state index in [1.54, 1.807) is 24.9 Å². The molecule has 2 aliphatic carbocycles. The number of likely N-dealkylation sites (N-methyl/N-ethyl adjacent to an activating group) is 1. The first-order valence-electron chi connectivity index (χ1n) is 20.4. The van der Waals surface area contributed by atoms with Crippen molar-refractivity contribution in [3.8, 4) is 0 Å². The molecule has 14 nitrogen and oxygen atoms in total. The monoisotopic (exact) mass is 776 g/mol. The molecule has 1 aromatic rings. The van der Waals surface area contributed by atoms with Crippen molar-refractivity contribution >= 4 is 35.8 Å². The molecular formula is C42H60N6O8. The normalized spacial score (nSPS) is 24.1. The van der Waals surface area contributed by atoms with Crippen LogP contribution in [0, 0.1) is 11.8 Å². The molecular weight excluding hydrogens is 716 g/mol. The number of ether oxygens (including phenoxy) is 2. The topological polar surface area (TPSA) is 175 Å². The van der Waals surface area contributed by atoms with Gasteiger partial charge < -0.3 is 40.5 Å². The maximum Gasteiger partial charge on any atom is 0.410 e. The number of rotatable bonds is 17. The number of likely N-dealkylation sites (tertiary alicyclic amines) is 1. The van der Waals surface area contributed by atoms with Crippen molar-refractivity contribution in [1.82, 2.24) is 31.1 Å². The van der Waals surface area contributed by atoms with Crippen LogP contribution < -0.4 is 21.3 Å². The van der Waals surface area contributed by atoms with Crippen molar-refractivity contribution in [3.63, 3.8) is 0 Å². The van der Waals surface area contributed by atoms with Gasteiger partial charge in [0.1, 0.15) is 29.8 Å². The van der Waals surface area contributed by atoms with Crippen LogP contribution in [-0.2, 0) is 41.6 Å². The molecule has 2 saturated carbocycles. The fourth-order valence-electron chi connectivity index (χ4n) is 8.37. The third-order valence-electron chi connectivity index (χ3n) is 11.7. The van der Waals surface area contributed by atoms with Gasteiger partial charge in [-0.25, -0.2) is 14.4 Å². The molecule has 3 fully saturated rings. The molecule has 0 bridgehead atoms. The number of allylic oxidation sites excluding steroid dienone is 1. The molecule has 306 valence electrons. The van der Waals surface area contributed by atoms with Crippen molar-refractivity contribution in [3.05, 3.63) is 60.7 Å². The Bertz CT molecular complexity index is 1610. The Hall–Kier alpha value is -4.88. The molecule has 1 saturated heterocycles. The van der Waals surface area contributed by atoms with E-state index < -0.39 is 59.7 Å². The largest absolute Gasteiger partial charge is 0.464 e. The minimum Gasteiger partial charge on any atom is -0.464 e. The maximum absolute atomic E-state index is 14.3. The molecule has 2 aliphatic heterocycles. The number of amides is 6. The summed E-state index contributed by atoms with van der Waals surface area (Å²) < 4.78 is 11.3.